The molecule has 0 saturated carbocycles. The Balaban J connectivity index is 1.50. The maximum absolute atomic E-state index is 12.5. The van der Waals surface area contributed by atoms with E-state index in [-0.39, 0.29) is 11.7 Å². The van der Waals surface area contributed by atoms with Crippen molar-refractivity contribution in [3.63, 3.8) is 0 Å². The van der Waals surface area contributed by atoms with Crippen molar-refractivity contribution in [2.75, 3.05) is 26.2 Å². The summed E-state index contributed by atoms with van der Waals surface area (Å²) >= 11 is 0. The Bertz CT molecular complexity index is 559. The van der Waals surface area contributed by atoms with Gasteiger partial charge in [-0.25, -0.2) is 0 Å². The third-order valence-electron chi connectivity index (χ3n) is 5.05. The van der Waals surface area contributed by atoms with Gasteiger partial charge in [0.05, 0.1) is 18.6 Å². The number of aromatic hydroxyl groups is 1. The van der Waals surface area contributed by atoms with Crippen molar-refractivity contribution in [3.05, 3.63) is 29.8 Å². The molecule has 1 N–H and O–H groups in total. The molecule has 0 radical (unpaired) electrons. The first-order valence-electron chi connectivity index (χ1n) is 8.96. The van der Waals surface area contributed by atoms with E-state index in [2.05, 4.69) is 18.7 Å². The average molecular weight is 332 g/mol. The Morgan fingerprint density at radius 3 is 2.50 bits per heavy atom. The summed E-state index contributed by atoms with van der Waals surface area (Å²) in [5.74, 6) is 0.373. The molecule has 0 unspecified atom stereocenters. The quantitative estimate of drug-likeness (QED) is 0.920. The largest absolute Gasteiger partial charge is 0.508 e. The van der Waals surface area contributed by atoms with Gasteiger partial charge in [0, 0.05) is 32.2 Å². The summed E-state index contributed by atoms with van der Waals surface area (Å²) < 4.78 is 5.82. The molecule has 3 rings (SSSR count). The number of ether oxygens (including phenoxy) is 1. The first kappa shape index (κ1) is 17.2. The van der Waals surface area contributed by atoms with Crippen LogP contribution in [-0.4, -0.2) is 65.2 Å². The minimum Gasteiger partial charge on any atom is -0.508 e. The first-order valence-corrected chi connectivity index (χ1v) is 8.96. The summed E-state index contributed by atoms with van der Waals surface area (Å²) in [4.78, 5) is 17.0. The third kappa shape index (κ3) is 4.28. The van der Waals surface area contributed by atoms with Crippen molar-refractivity contribution in [2.24, 2.45) is 0 Å². The second kappa shape index (κ2) is 7.53. The molecule has 0 aromatic heterocycles. The molecule has 0 aliphatic carbocycles. The van der Waals surface area contributed by atoms with Gasteiger partial charge in [0.2, 0.25) is 5.91 Å². The molecule has 2 fully saturated rings. The van der Waals surface area contributed by atoms with Crippen LogP contribution >= 0.6 is 0 Å². The smallest absolute Gasteiger partial charge is 0.226 e. The number of phenols is 1. The van der Waals surface area contributed by atoms with Crippen molar-refractivity contribution in [1.29, 1.82) is 0 Å². The molecule has 5 heteroatoms. The normalized spacial score (nSPS) is 26.5. The Labute approximate surface area is 144 Å². The van der Waals surface area contributed by atoms with Crippen LogP contribution in [0.1, 0.15) is 32.3 Å². The molecule has 2 saturated heterocycles. The number of amides is 1. The maximum Gasteiger partial charge on any atom is 0.226 e. The van der Waals surface area contributed by atoms with Gasteiger partial charge < -0.3 is 14.7 Å². The lowest BCUT2D eigenvalue weighted by atomic mass is 10.0. The summed E-state index contributed by atoms with van der Waals surface area (Å²) in [7, 11) is 0. The second-order valence-electron chi connectivity index (χ2n) is 7.17. The Morgan fingerprint density at radius 1 is 1.21 bits per heavy atom. The number of piperidine rings is 1. The van der Waals surface area contributed by atoms with E-state index in [4.69, 9.17) is 4.74 Å². The third-order valence-corrected chi connectivity index (χ3v) is 5.05. The monoisotopic (exact) mass is 332 g/mol. The predicted octanol–water partition coefficient (Wildman–Crippen LogP) is 2.03. The van der Waals surface area contributed by atoms with E-state index in [0.717, 1.165) is 44.6 Å². The second-order valence-corrected chi connectivity index (χ2v) is 7.17. The highest BCUT2D eigenvalue weighted by Gasteiger charge is 2.31. The van der Waals surface area contributed by atoms with Crippen LogP contribution in [0.4, 0.5) is 0 Å². The lowest BCUT2D eigenvalue weighted by Crippen LogP contribution is -2.53. The molecule has 5 nitrogen and oxygen atoms in total. The summed E-state index contributed by atoms with van der Waals surface area (Å²) in [5.41, 5.74) is 0.873. The van der Waals surface area contributed by atoms with Crippen molar-refractivity contribution in [1.82, 2.24) is 9.80 Å². The van der Waals surface area contributed by atoms with E-state index in [1.54, 1.807) is 18.2 Å². The minimum absolute atomic E-state index is 0.155. The molecule has 1 aromatic carbocycles. The molecule has 1 aromatic rings. The molecule has 2 aliphatic rings. The number of phenolic OH excluding ortho intramolecular Hbond substituents is 1. The van der Waals surface area contributed by atoms with Crippen LogP contribution in [0, 0.1) is 0 Å². The first-order chi connectivity index (χ1) is 11.5. The standard InChI is InChI=1S/C19H28N2O3/c1-14-12-21(13-15(2)24-14)17-6-8-20(9-7-17)19(23)11-16-4-3-5-18(22)10-16/h3-5,10,14-15,17,22H,6-9,11-13H2,1-2H3/t14-,15+. The lowest BCUT2D eigenvalue weighted by Gasteiger charge is -2.43. The molecule has 24 heavy (non-hydrogen) atoms. The van der Waals surface area contributed by atoms with Gasteiger partial charge in [-0.2, -0.15) is 0 Å². The maximum atomic E-state index is 12.5. The van der Waals surface area contributed by atoms with E-state index in [1.807, 2.05) is 11.0 Å². The number of hydrogen-bond donors (Lipinski definition) is 1. The molecular formula is C19H28N2O3. The summed E-state index contributed by atoms with van der Waals surface area (Å²) in [6, 6.07) is 7.53. The predicted molar refractivity (Wildman–Crippen MR) is 93.0 cm³/mol. The van der Waals surface area contributed by atoms with Gasteiger partial charge in [-0.1, -0.05) is 12.1 Å². The SMILES string of the molecule is C[C@@H]1CN(C2CCN(C(=O)Cc3cccc(O)c3)CC2)C[C@H](C)O1. The molecule has 2 aliphatic heterocycles. The van der Waals surface area contributed by atoms with Gasteiger partial charge in [0.1, 0.15) is 5.75 Å². The minimum atomic E-state index is 0.155. The van der Waals surface area contributed by atoms with Crippen LogP contribution in [0.25, 0.3) is 0 Å². The Morgan fingerprint density at radius 2 is 1.88 bits per heavy atom. The van der Waals surface area contributed by atoms with E-state index >= 15 is 0 Å². The molecule has 1 amide bonds. The molecular weight excluding hydrogens is 304 g/mol. The highest BCUT2D eigenvalue weighted by molar-refractivity contribution is 5.79. The van der Waals surface area contributed by atoms with Gasteiger partial charge in [-0.3, -0.25) is 9.69 Å². The Hall–Kier alpha value is -1.59. The average Bonchev–Trinajstić information content (AvgIpc) is 2.54. The van der Waals surface area contributed by atoms with Crippen LogP contribution in [0.3, 0.4) is 0 Å². The van der Waals surface area contributed by atoms with Gasteiger partial charge in [0.15, 0.2) is 0 Å². The fourth-order valence-corrected chi connectivity index (χ4v) is 3.95. The van der Waals surface area contributed by atoms with Crippen molar-refractivity contribution < 1.29 is 14.6 Å². The molecule has 132 valence electrons. The van der Waals surface area contributed by atoms with Gasteiger partial charge in [-0.15, -0.1) is 0 Å². The fourth-order valence-electron chi connectivity index (χ4n) is 3.95. The number of rotatable bonds is 3. The van der Waals surface area contributed by atoms with Crippen LogP contribution < -0.4 is 0 Å². The van der Waals surface area contributed by atoms with E-state index < -0.39 is 0 Å². The Kier molecular flexibility index (Phi) is 5.41. The topological polar surface area (TPSA) is 53.0 Å². The molecule has 0 bridgehead atoms. The summed E-state index contributed by atoms with van der Waals surface area (Å²) in [5, 5.41) is 9.52. The number of hydrogen-bond acceptors (Lipinski definition) is 4. The van der Waals surface area contributed by atoms with Crippen molar-refractivity contribution in [3.8, 4) is 5.75 Å². The van der Waals surface area contributed by atoms with Gasteiger partial charge >= 0.3 is 0 Å². The fraction of sp³-hybridized carbons (Fsp3) is 0.632. The highest BCUT2D eigenvalue weighted by Crippen LogP contribution is 2.22. The number of carbonyl (C=O) groups is 1. The lowest BCUT2D eigenvalue weighted by molar-refractivity contribution is -0.133. The van der Waals surface area contributed by atoms with Crippen LogP contribution in [0.5, 0.6) is 5.75 Å². The molecule has 0 spiro atoms. The summed E-state index contributed by atoms with van der Waals surface area (Å²) in [6.45, 7) is 7.90. The number of carbonyl (C=O) groups excluding carboxylic acids is 1. The number of likely N-dealkylation sites (tertiary alicyclic amines) is 1. The zero-order valence-electron chi connectivity index (χ0n) is 14.6. The van der Waals surface area contributed by atoms with Crippen molar-refractivity contribution >= 4 is 5.91 Å². The van der Waals surface area contributed by atoms with E-state index in [1.165, 1.54) is 0 Å². The van der Waals surface area contributed by atoms with Crippen LogP contribution in [0.15, 0.2) is 24.3 Å². The number of benzene rings is 1. The van der Waals surface area contributed by atoms with Crippen molar-refractivity contribution in [2.45, 2.75) is 51.4 Å². The van der Waals surface area contributed by atoms with E-state index in [9.17, 15) is 9.90 Å². The number of morpholine rings is 1. The van der Waals surface area contributed by atoms with Crippen LogP contribution in [0.2, 0.25) is 0 Å². The van der Waals surface area contributed by atoms with Gasteiger partial charge in [-0.05, 0) is 44.4 Å². The highest BCUT2D eigenvalue weighted by atomic mass is 16.5. The summed E-state index contributed by atoms with van der Waals surface area (Å²) in [6.07, 6.45) is 3.01. The molecule has 2 heterocycles. The molecule has 2 atom stereocenters. The zero-order valence-corrected chi connectivity index (χ0v) is 14.6. The number of nitrogens with zero attached hydrogens (tertiary/aromatic N) is 2. The van der Waals surface area contributed by atoms with E-state index in [0.29, 0.717) is 24.7 Å². The van der Waals surface area contributed by atoms with Gasteiger partial charge in [0.25, 0.3) is 0 Å². The zero-order chi connectivity index (χ0) is 17.1. The van der Waals surface area contributed by atoms with Crippen LogP contribution in [-0.2, 0) is 16.0 Å².